The highest BCUT2D eigenvalue weighted by atomic mass is 14.8. The Labute approximate surface area is 184 Å². The molecule has 3 heteroatoms. The molecule has 0 saturated heterocycles. The molecule has 0 bridgehead atoms. The molecule has 0 spiro atoms. The van der Waals surface area contributed by atoms with E-state index in [2.05, 4.69) is 74.3 Å². The Morgan fingerprint density at radius 3 is 2.26 bits per heavy atom. The molecule has 0 N–H and O–H groups in total. The van der Waals surface area contributed by atoms with Crippen molar-refractivity contribution in [2.24, 2.45) is 15.4 Å². The fourth-order valence-corrected chi connectivity index (χ4v) is 3.88. The molecule has 31 heavy (non-hydrogen) atoms. The van der Waals surface area contributed by atoms with E-state index in [9.17, 15) is 0 Å². The number of nitrogens with zero attached hydrogens (tertiary/aromatic N) is 3. The van der Waals surface area contributed by atoms with Crippen LogP contribution in [-0.2, 0) is 0 Å². The molecule has 1 heterocycles. The van der Waals surface area contributed by atoms with Crippen LogP contribution < -0.4 is 0 Å². The topological polar surface area (TPSA) is 37.6 Å². The van der Waals surface area contributed by atoms with Gasteiger partial charge in [0.2, 0.25) is 0 Å². The first-order chi connectivity index (χ1) is 15.0. The molecule has 4 rings (SSSR count). The minimum absolute atomic E-state index is 0.0674. The predicted octanol–water partition coefficient (Wildman–Crippen LogP) is 7.12. The van der Waals surface area contributed by atoms with Crippen molar-refractivity contribution >= 4 is 28.4 Å². The smallest absolute Gasteiger partial charge is 0.0826 e. The van der Waals surface area contributed by atoms with Crippen molar-refractivity contribution in [3.8, 4) is 11.3 Å². The third-order valence-corrected chi connectivity index (χ3v) is 5.24. The Bertz CT molecular complexity index is 1260. The van der Waals surface area contributed by atoms with E-state index in [1.165, 1.54) is 0 Å². The van der Waals surface area contributed by atoms with Gasteiger partial charge < -0.3 is 0 Å². The predicted molar refractivity (Wildman–Crippen MR) is 133 cm³/mol. The van der Waals surface area contributed by atoms with Gasteiger partial charge in [-0.15, -0.1) is 0 Å². The summed E-state index contributed by atoms with van der Waals surface area (Å²) in [6.07, 6.45) is 1.85. The molecule has 0 aliphatic heterocycles. The maximum Gasteiger partial charge on any atom is 0.0826 e. The van der Waals surface area contributed by atoms with Gasteiger partial charge in [0.1, 0.15) is 0 Å². The number of benzene rings is 3. The lowest BCUT2D eigenvalue weighted by atomic mass is 9.85. The van der Waals surface area contributed by atoms with Crippen molar-refractivity contribution in [1.29, 1.82) is 0 Å². The molecule has 4 aromatic rings. The molecular weight excluding hydrogens is 378 g/mol. The van der Waals surface area contributed by atoms with E-state index in [1.807, 2.05) is 49.7 Å². The lowest BCUT2D eigenvalue weighted by Gasteiger charge is -2.22. The van der Waals surface area contributed by atoms with E-state index in [0.29, 0.717) is 0 Å². The van der Waals surface area contributed by atoms with Gasteiger partial charge >= 0.3 is 0 Å². The van der Waals surface area contributed by atoms with Crippen LogP contribution in [0.1, 0.15) is 32.0 Å². The van der Waals surface area contributed by atoms with E-state index in [4.69, 9.17) is 9.98 Å². The Morgan fingerprint density at radius 2 is 1.52 bits per heavy atom. The number of aromatic nitrogens is 1. The third kappa shape index (κ3) is 4.46. The van der Waals surface area contributed by atoms with Crippen molar-refractivity contribution in [2.45, 2.75) is 20.8 Å². The number of rotatable bonds is 4. The quantitative estimate of drug-likeness (QED) is 0.333. The maximum atomic E-state index is 4.95. The van der Waals surface area contributed by atoms with Crippen LogP contribution in [0.3, 0.4) is 0 Å². The molecule has 0 saturated carbocycles. The summed E-state index contributed by atoms with van der Waals surface area (Å²) in [5.41, 5.74) is 5.82. The summed E-state index contributed by atoms with van der Waals surface area (Å²) in [6.45, 7) is 6.52. The largest absolute Gasteiger partial charge is 0.292 e. The molecule has 0 unspecified atom stereocenters. The SMILES string of the molecule is CN=C(c1ccccc1N=Cc1cc2ccccc2c(-c2ccccc2)n1)C(C)(C)C. The second-order valence-electron chi connectivity index (χ2n) is 8.58. The Hall–Kier alpha value is -3.59. The van der Waals surface area contributed by atoms with Crippen molar-refractivity contribution in [1.82, 2.24) is 4.98 Å². The fraction of sp³-hybridized carbons (Fsp3) is 0.179. The Balaban J connectivity index is 1.81. The zero-order valence-electron chi connectivity index (χ0n) is 18.5. The van der Waals surface area contributed by atoms with Gasteiger partial charge in [-0.2, -0.15) is 0 Å². The average molecular weight is 406 g/mol. The Morgan fingerprint density at radius 1 is 0.839 bits per heavy atom. The molecule has 3 nitrogen and oxygen atoms in total. The summed E-state index contributed by atoms with van der Waals surface area (Å²) in [4.78, 5) is 14.3. The molecule has 0 fully saturated rings. The number of aliphatic imine (C=N–C) groups is 2. The van der Waals surface area contributed by atoms with Crippen LogP contribution in [0, 0.1) is 5.41 Å². The maximum absolute atomic E-state index is 4.95. The first-order valence-corrected chi connectivity index (χ1v) is 10.5. The Kier molecular flexibility index (Phi) is 5.77. The second kappa shape index (κ2) is 8.65. The molecule has 0 aliphatic rings. The number of pyridine rings is 1. The van der Waals surface area contributed by atoms with Crippen molar-refractivity contribution in [2.75, 3.05) is 7.05 Å². The van der Waals surface area contributed by atoms with Gasteiger partial charge in [0.05, 0.1) is 23.3 Å². The summed E-state index contributed by atoms with van der Waals surface area (Å²) in [7, 11) is 1.85. The van der Waals surface area contributed by atoms with Crippen molar-refractivity contribution in [3.05, 3.63) is 96.2 Å². The summed E-state index contributed by atoms with van der Waals surface area (Å²) < 4.78 is 0. The summed E-state index contributed by atoms with van der Waals surface area (Å²) in [5.74, 6) is 0. The van der Waals surface area contributed by atoms with Crippen molar-refractivity contribution < 1.29 is 0 Å². The minimum Gasteiger partial charge on any atom is -0.292 e. The van der Waals surface area contributed by atoms with Crippen LogP contribution in [0.2, 0.25) is 0 Å². The van der Waals surface area contributed by atoms with E-state index >= 15 is 0 Å². The van der Waals surface area contributed by atoms with Crippen molar-refractivity contribution in [3.63, 3.8) is 0 Å². The van der Waals surface area contributed by atoms with Crippen LogP contribution in [0.4, 0.5) is 5.69 Å². The minimum atomic E-state index is -0.0674. The van der Waals surface area contributed by atoms with Gasteiger partial charge in [0.25, 0.3) is 0 Å². The molecule has 154 valence electrons. The number of hydrogen-bond acceptors (Lipinski definition) is 3. The van der Waals surface area contributed by atoms with E-state index < -0.39 is 0 Å². The molecule has 0 amide bonds. The highest BCUT2D eigenvalue weighted by molar-refractivity contribution is 6.08. The molecule has 0 radical (unpaired) electrons. The average Bonchev–Trinajstić information content (AvgIpc) is 2.78. The normalized spacial score (nSPS) is 12.6. The summed E-state index contributed by atoms with van der Waals surface area (Å²) in [6, 6.07) is 28.9. The van der Waals surface area contributed by atoms with Crippen LogP contribution in [0.5, 0.6) is 0 Å². The lowest BCUT2D eigenvalue weighted by Crippen LogP contribution is -2.21. The summed E-state index contributed by atoms with van der Waals surface area (Å²) in [5, 5.41) is 2.29. The molecule has 0 atom stereocenters. The van der Waals surface area contributed by atoms with Gasteiger partial charge in [-0.3, -0.25) is 9.98 Å². The van der Waals surface area contributed by atoms with E-state index in [-0.39, 0.29) is 5.41 Å². The second-order valence-corrected chi connectivity index (χ2v) is 8.58. The number of para-hydroxylation sites is 1. The fourth-order valence-electron chi connectivity index (χ4n) is 3.88. The summed E-state index contributed by atoms with van der Waals surface area (Å²) >= 11 is 0. The van der Waals surface area contributed by atoms with Crippen LogP contribution in [0.25, 0.3) is 22.0 Å². The molecule has 0 aliphatic carbocycles. The first kappa shape index (κ1) is 20.7. The monoisotopic (exact) mass is 405 g/mol. The highest BCUT2D eigenvalue weighted by Gasteiger charge is 2.22. The van der Waals surface area contributed by atoms with Crippen LogP contribution in [0.15, 0.2) is 94.9 Å². The molecule has 3 aromatic carbocycles. The van der Waals surface area contributed by atoms with Gasteiger partial charge in [-0.1, -0.05) is 93.6 Å². The van der Waals surface area contributed by atoms with Gasteiger partial charge in [0, 0.05) is 34.7 Å². The zero-order chi connectivity index (χ0) is 21.8. The van der Waals surface area contributed by atoms with Gasteiger partial charge in [-0.05, 0) is 17.5 Å². The number of hydrogen-bond donors (Lipinski definition) is 0. The van der Waals surface area contributed by atoms with Crippen LogP contribution >= 0.6 is 0 Å². The molecule has 1 aromatic heterocycles. The third-order valence-electron chi connectivity index (χ3n) is 5.24. The van der Waals surface area contributed by atoms with E-state index in [0.717, 1.165) is 44.7 Å². The van der Waals surface area contributed by atoms with Gasteiger partial charge in [-0.25, -0.2) is 4.98 Å². The first-order valence-electron chi connectivity index (χ1n) is 10.5. The number of fused-ring (bicyclic) bond motifs is 1. The standard InChI is InChI=1S/C28H27N3/c1-28(2,3)27(29-4)24-16-10-11-17-25(24)30-19-22-18-21-14-8-9-15-23(21)26(31-22)20-12-6-5-7-13-20/h5-19H,1-4H3. The lowest BCUT2D eigenvalue weighted by molar-refractivity contribution is 0.591. The van der Waals surface area contributed by atoms with Gasteiger partial charge in [0.15, 0.2) is 0 Å². The zero-order valence-corrected chi connectivity index (χ0v) is 18.5. The van der Waals surface area contributed by atoms with Crippen LogP contribution in [-0.4, -0.2) is 24.0 Å². The molecular formula is C28H27N3. The highest BCUT2D eigenvalue weighted by Crippen LogP contribution is 2.30. The van der Waals surface area contributed by atoms with E-state index in [1.54, 1.807) is 0 Å².